The van der Waals surface area contributed by atoms with Crippen molar-refractivity contribution >= 4 is 11.9 Å². The fourth-order valence-corrected chi connectivity index (χ4v) is 7.80. The van der Waals surface area contributed by atoms with Crippen molar-refractivity contribution in [2.45, 2.75) is 271 Å². The quantitative estimate of drug-likeness (QED) is 0.0345. The molecule has 5 heteroatoms. The highest BCUT2D eigenvalue weighted by Crippen LogP contribution is 2.14. The number of ether oxygens (including phenoxy) is 3. The highest BCUT2D eigenvalue weighted by molar-refractivity contribution is 5.70. The predicted molar refractivity (Wildman–Crippen MR) is 297 cm³/mol. The van der Waals surface area contributed by atoms with Crippen LogP contribution < -0.4 is 0 Å². The van der Waals surface area contributed by atoms with E-state index in [0.29, 0.717) is 19.4 Å². The second-order valence-electron chi connectivity index (χ2n) is 18.8. The molecule has 0 heterocycles. The van der Waals surface area contributed by atoms with Gasteiger partial charge in [0, 0.05) is 19.4 Å². The monoisotopic (exact) mass is 945 g/mol. The van der Waals surface area contributed by atoms with Gasteiger partial charge in [0.25, 0.3) is 0 Å². The van der Waals surface area contributed by atoms with Crippen molar-refractivity contribution in [3.63, 3.8) is 0 Å². The van der Waals surface area contributed by atoms with E-state index in [1.807, 2.05) is 0 Å². The van der Waals surface area contributed by atoms with E-state index in [-0.39, 0.29) is 25.2 Å². The van der Waals surface area contributed by atoms with Gasteiger partial charge in [-0.3, -0.25) is 9.59 Å². The zero-order chi connectivity index (χ0) is 49.2. The summed E-state index contributed by atoms with van der Waals surface area (Å²) in [6.07, 6.45) is 78.5. The summed E-state index contributed by atoms with van der Waals surface area (Å²) in [4.78, 5) is 25.5. The second kappa shape index (κ2) is 58.1. The molecule has 0 aromatic rings. The lowest BCUT2D eigenvalue weighted by Crippen LogP contribution is -2.30. The number of esters is 2. The van der Waals surface area contributed by atoms with Crippen LogP contribution in [0.4, 0.5) is 0 Å². The lowest BCUT2D eigenvalue weighted by atomic mass is 10.1. The van der Waals surface area contributed by atoms with Gasteiger partial charge in [-0.1, -0.05) is 227 Å². The van der Waals surface area contributed by atoms with Crippen LogP contribution in [0.5, 0.6) is 0 Å². The molecular formula is C63H108O5. The Hall–Kier alpha value is -3.18. The van der Waals surface area contributed by atoms with Crippen LogP contribution in [0.25, 0.3) is 0 Å². The first kappa shape index (κ1) is 64.8. The van der Waals surface area contributed by atoms with Crippen LogP contribution >= 0.6 is 0 Å². The van der Waals surface area contributed by atoms with Crippen molar-refractivity contribution in [3.8, 4) is 0 Å². The van der Waals surface area contributed by atoms with Crippen molar-refractivity contribution in [2.75, 3.05) is 19.8 Å². The van der Waals surface area contributed by atoms with E-state index in [1.165, 1.54) is 128 Å². The number of hydrogen-bond donors (Lipinski definition) is 0. The molecule has 0 rings (SSSR count). The summed E-state index contributed by atoms with van der Waals surface area (Å²) in [6, 6.07) is 0. The Labute approximate surface area is 422 Å². The molecule has 1 unspecified atom stereocenters. The van der Waals surface area contributed by atoms with Gasteiger partial charge in [-0.2, -0.15) is 0 Å². The van der Waals surface area contributed by atoms with Crippen LogP contribution in [0.1, 0.15) is 265 Å². The molecule has 390 valence electrons. The smallest absolute Gasteiger partial charge is 0.306 e. The first-order chi connectivity index (χ1) is 33.6. The zero-order valence-electron chi connectivity index (χ0n) is 44.8. The van der Waals surface area contributed by atoms with Crippen LogP contribution in [0.2, 0.25) is 0 Å². The molecule has 0 saturated heterocycles. The summed E-state index contributed by atoms with van der Waals surface area (Å²) < 4.78 is 17.5. The molecule has 0 aromatic carbocycles. The summed E-state index contributed by atoms with van der Waals surface area (Å²) in [5.41, 5.74) is 0. The summed E-state index contributed by atoms with van der Waals surface area (Å²) in [5.74, 6) is -0.426. The van der Waals surface area contributed by atoms with Crippen LogP contribution in [0.3, 0.4) is 0 Å². The van der Waals surface area contributed by atoms with Gasteiger partial charge >= 0.3 is 11.9 Å². The van der Waals surface area contributed by atoms with Crippen molar-refractivity contribution < 1.29 is 23.8 Å². The maximum atomic E-state index is 12.9. The van der Waals surface area contributed by atoms with Crippen LogP contribution in [-0.4, -0.2) is 37.9 Å². The van der Waals surface area contributed by atoms with Crippen LogP contribution in [0, 0.1) is 0 Å². The zero-order valence-corrected chi connectivity index (χ0v) is 44.8. The van der Waals surface area contributed by atoms with Crippen molar-refractivity contribution in [1.82, 2.24) is 0 Å². The number of allylic oxidation sites excluding steroid dienone is 16. The fraction of sp³-hybridized carbons (Fsp3) is 0.714. The molecule has 0 N–H and O–H groups in total. The topological polar surface area (TPSA) is 61.8 Å². The normalized spacial score (nSPS) is 12.9. The summed E-state index contributed by atoms with van der Waals surface area (Å²) in [7, 11) is 0. The first-order valence-corrected chi connectivity index (χ1v) is 28.8. The molecule has 0 radical (unpaired) electrons. The molecular weight excluding hydrogens is 837 g/mol. The van der Waals surface area contributed by atoms with E-state index in [9.17, 15) is 9.59 Å². The Kier molecular flexibility index (Phi) is 55.4. The number of rotatable bonds is 52. The molecule has 5 nitrogen and oxygen atoms in total. The lowest BCUT2D eigenvalue weighted by Gasteiger charge is -2.18. The molecule has 0 fully saturated rings. The van der Waals surface area contributed by atoms with E-state index in [0.717, 1.165) is 103 Å². The SMILES string of the molecule is CC/C=C\C/C=C\C/C=C\CCCCCCCCOCC(COC(=O)CCCCCCCC/C=C\C/C=C\C/C=C\CCCCC)OC(=O)CCCCCCCCC/C=C\C/C=C\CCCCC. The molecule has 0 aromatic heterocycles. The van der Waals surface area contributed by atoms with Crippen molar-refractivity contribution in [1.29, 1.82) is 0 Å². The van der Waals surface area contributed by atoms with Crippen molar-refractivity contribution in [3.05, 3.63) is 97.2 Å². The van der Waals surface area contributed by atoms with Gasteiger partial charge in [-0.15, -0.1) is 0 Å². The van der Waals surface area contributed by atoms with Crippen LogP contribution in [0.15, 0.2) is 97.2 Å². The maximum Gasteiger partial charge on any atom is 0.306 e. The van der Waals surface area contributed by atoms with Gasteiger partial charge in [0.1, 0.15) is 6.61 Å². The largest absolute Gasteiger partial charge is 0.462 e. The molecule has 68 heavy (non-hydrogen) atoms. The molecule has 1 atom stereocenters. The standard InChI is InChI=1S/C63H108O5/c1-4-7-10-13-16-19-22-25-28-31-32-34-35-38-41-44-47-50-53-56-62(64)67-60-61(59-66-58-55-52-49-46-43-40-37-30-27-24-21-18-15-12-9-6-3)68-63(65)57-54-51-48-45-42-39-36-33-29-26-23-20-17-14-11-8-5-2/h9,12,16-21,25-30,32,34,61H,4-8,10-11,13-15,22-24,31,33,35-60H2,1-3H3/b12-9-,19-16-,20-17-,21-18-,28-25-,29-26-,30-27-,34-32-. The van der Waals surface area contributed by atoms with E-state index in [4.69, 9.17) is 14.2 Å². The van der Waals surface area contributed by atoms with Gasteiger partial charge in [0.2, 0.25) is 0 Å². The van der Waals surface area contributed by atoms with E-state index in [1.54, 1.807) is 0 Å². The minimum absolute atomic E-state index is 0.0655. The molecule has 0 amide bonds. The molecule has 0 aliphatic carbocycles. The third kappa shape index (κ3) is 55.4. The molecule has 0 spiro atoms. The summed E-state index contributed by atoms with van der Waals surface area (Å²) in [5, 5.41) is 0. The van der Waals surface area contributed by atoms with E-state index >= 15 is 0 Å². The second-order valence-corrected chi connectivity index (χ2v) is 18.8. The Bertz CT molecular complexity index is 1300. The number of unbranched alkanes of at least 4 members (excludes halogenated alkanes) is 25. The predicted octanol–water partition coefficient (Wildman–Crippen LogP) is 19.8. The molecule has 0 bridgehead atoms. The summed E-state index contributed by atoms with van der Waals surface area (Å²) >= 11 is 0. The average molecular weight is 946 g/mol. The molecule has 0 aliphatic rings. The van der Waals surface area contributed by atoms with Gasteiger partial charge < -0.3 is 14.2 Å². The van der Waals surface area contributed by atoms with Crippen LogP contribution in [-0.2, 0) is 23.8 Å². The Balaban J connectivity index is 4.35. The molecule has 0 saturated carbocycles. The maximum absolute atomic E-state index is 12.9. The highest BCUT2D eigenvalue weighted by atomic mass is 16.6. The molecule has 0 aliphatic heterocycles. The Morgan fingerprint density at radius 2 is 0.662 bits per heavy atom. The average Bonchev–Trinajstić information content (AvgIpc) is 3.34. The highest BCUT2D eigenvalue weighted by Gasteiger charge is 2.17. The minimum atomic E-state index is -0.559. The number of carbonyl (C=O) groups is 2. The summed E-state index contributed by atoms with van der Waals surface area (Å²) in [6.45, 7) is 7.63. The number of hydrogen-bond acceptors (Lipinski definition) is 5. The number of carbonyl (C=O) groups excluding carboxylic acids is 2. The van der Waals surface area contributed by atoms with Crippen molar-refractivity contribution in [2.24, 2.45) is 0 Å². The van der Waals surface area contributed by atoms with Gasteiger partial charge in [0.05, 0.1) is 6.61 Å². The lowest BCUT2D eigenvalue weighted by molar-refractivity contribution is -0.163. The fourth-order valence-electron chi connectivity index (χ4n) is 7.80. The van der Waals surface area contributed by atoms with Gasteiger partial charge in [0.15, 0.2) is 6.10 Å². The first-order valence-electron chi connectivity index (χ1n) is 28.8. The Morgan fingerprint density at radius 3 is 1.06 bits per heavy atom. The van der Waals surface area contributed by atoms with Gasteiger partial charge in [-0.25, -0.2) is 0 Å². The third-order valence-electron chi connectivity index (χ3n) is 12.1. The van der Waals surface area contributed by atoms with E-state index in [2.05, 4.69) is 118 Å². The Morgan fingerprint density at radius 1 is 0.338 bits per heavy atom. The minimum Gasteiger partial charge on any atom is -0.462 e. The van der Waals surface area contributed by atoms with E-state index < -0.39 is 6.10 Å². The van der Waals surface area contributed by atoms with Gasteiger partial charge in [-0.05, 0) is 122 Å². The third-order valence-corrected chi connectivity index (χ3v) is 12.1.